The number of hydrogen-bond donors (Lipinski definition) is 2. The highest BCUT2D eigenvalue weighted by Gasteiger charge is 2.40. The maximum atomic E-state index is 10.5. The van der Waals surface area contributed by atoms with Crippen LogP contribution in [0.3, 0.4) is 0 Å². The summed E-state index contributed by atoms with van der Waals surface area (Å²) in [4.78, 5) is 12.5. The predicted molar refractivity (Wildman–Crippen MR) is 69.8 cm³/mol. The van der Waals surface area contributed by atoms with Gasteiger partial charge in [-0.3, -0.25) is 4.90 Å². The molecule has 2 rings (SSSR count). The van der Waals surface area contributed by atoms with Crippen LogP contribution in [0.5, 0.6) is 0 Å². The molecule has 5 heteroatoms. The molecule has 5 nitrogen and oxygen atoms in total. The molecule has 1 atom stereocenters. The van der Waals surface area contributed by atoms with Crippen LogP contribution in [0.1, 0.15) is 18.6 Å². The number of rotatable bonds is 6. The minimum atomic E-state index is -0.955. The number of aliphatic hydroxyl groups excluding tert-OH is 1. The van der Waals surface area contributed by atoms with Gasteiger partial charge in [-0.1, -0.05) is 30.3 Å². The molecule has 1 aromatic carbocycles. The molecule has 0 aliphatic carbocycles. The third-order valence-electron chi connectivity index (χ3n) is 3.28. The first-order valence-electron chi connectivity index (χ1n) is 6.30. The smallest absolute Gasteiger partial charge is 0.329 e. The molecule has 1 unspecified atom stereocenters. The van der Waals surface area contributed by atoms with E-state index in [4.69, 9.17) is 9.84 Å². The van der Waals surface area contributed by atoms with Crippen molar-refractivity contribution in [2.75, 3.05) is 26.2 Å². The fourth-order valence-corrected chi connectivity index (χ4v) is 2.38. The summed E-state index contributed by atoms with van der Waals surface area (Å²) >= 11 is 0. The van der Waals surface area contributed by atoms with Crippen LogP contribution in [-0.2, 0) is 9.53 Å². The van der Waals surface area contributed by atoms with E-state index in [-0.39, 0.29) is 6.61 Å². The van der Waals surface area contributed by atoms with Crippen LogP contribution in [0.25, 0.3) is 0 Å². The minimum absolute atomic E-state index is 0.272. The number of hydrogen-bond acceptors (Lipinski definition) is 4. The Morgan fingerprint density at radius 2 is 2.05 bits per heavy atom. The molecular weight excluding hydrogens is 246 g/mol. The van der Waals surface area contributed by atoms with E-state index in [0.29, 0.717) is 19.6 Å². The van der Waals surface area contributed by atoms with E-state index in [1.807, 2.05) is 37.3 Å². The average Bonchev–Trinajstić information content (AvgIpc) is 2.35. The van der Waals surface area contributed by atoms with E-state index in [1.54, 1.807) is 0 Å². The first-order valence-corrected chi connectivity index (χ1v) is 6.30. The standard InChI is InChI=1S/C14H19NO4/c1-14(19-8-13(17)18)9-15(10-14)7-12(16)11-5-3-2-4-6-11/h2-6,12,16H,7-10H2,1H3,(H,17,18). The number of β-amino-alcohol motifs (C(OH)–C–C–N with tert-alkyl or cyclic N) is 1. The fraction of sp³-hybridized carbons (Fsp3) is 0.500. The Labute approximate surface area is 112 Å². The van der Waals surface area contributed by atoms with E-state index >= 15 is 0 Å². The van der Waals surface area contributed by atoms with Gasteiger partial charge in [-0.25, -0.2) is 4.79 Å². The summed E-state index contributed by atoms with van der Waals surface area (Å²) in [6.07, 6.45) is -0.523. The molecule has 104 valence electrons. The molecule has 1 aliphatic rings. The summed E-state index contributed by atoms with van der Waals surface area (Å²) in [5.41, 5.74) is 0.483. The molecule has 0 radical (unpaired) electrons. The van der Waals surface area contributed by atoms with Crippen LogP contribution in [0, 0.1) is 0 Å². The number of nitrogens with zero attached hydrogens (tertiary/aromatic N) is 1. The van der Waals surface area contributed by atoms with Gasteiger partial charge in [-0.05, 0) is 12.5 Å². The van der Waals surface area contributed by atoms with Crippen LogP contribution in [-0.4, -0.2) is 52.9 Å². The second kappa shape index (κ2) is 5.69. The zero-order valence-electron chi connectivity index (χ0n) is 11.0. The minimum Gasteiger partial charge on any atom is -0.480 e. The highest BCUT2D eigenvalue weighted by Crippen LogP contribution is 2.26. The van der Waals surface area contributed by atoms with Crippen molar-refractivity contribution < 1.29 is 19.7 Å². The van der Waals surface area contributed by atoms with Gasteiger partial charge < -0.3 is 14.9 Å². The van der Waals surface area contributed by atoms with Gasteiger partial charge in [0, 0.05) is 19.6 Å². The van der Waals surface area contributed by atoms with Gasteiger partial charge in [0.15, 0.2) is 0 Å². The van der Waals surface area contributed by atoms with Gasteiger partial charge in [0.2, 0.25) is 0 Å². The molecule has 19 heavy (non-hydrogen) atoms. The van der Waals surface area contributed by atoms with Gasteiger partial charge in [-0.15, -0.1) is 0 Å². The molecule has 0 aromatic heterocycles. The Balaban J connectivity index is 1.77. The zero-order chi connectivity index (χ0) is 13.9. The molecule has 1 aliphatic heterocycles. The first kappa shape index (κ1) is 14.0. The number of ether oxygens (including phenoxy) is 1. The molecule has 2 N–H and O–H groups in total. The summed E-state index contributed by atoms with van der Waals surface area (Å²) in [6.45, 7) is 3.44. The largest absolute Gasteiger partial charge is 0.480 e. The van der Waals surface area contributed by atoms with Gasteiger partial charge in [0.25, 0.3) is 0 Å². The highest BCUT2D eigenvalue weighted by molar-refractivity contribution is 5.68. The van der Waals surface area contributed by atoms with Crippen molar-refractivity contribution in [3.05, 3.63) is 35.9 Å². The van der Waals surface area contributed by atoms with Crippen LogP contribution in [0.2, 0.25) is 0 Å². The molecule has 0 bridgehead atoms. The second-order valence-electron chi connectivity index (χ2n) is 5.23. The summed E-state index contributed by atoms with van der Waals surface area (Å²) in [5, 5.41) is 18.6. The van der Waals surface area contributed by atoms with Crippen LogP contribution in [0.15, 0.2) is 30.3 Å². The predicted octanol–water partition coefficient (Wildman–Crippen LogP) is 0.895. The molecular formula is C14H19NO4. The van der Waals surface area contributed by atoms with Crippen molar-refractivity contribution in [2.45, 2.75) is 18.6 Å². The number of carboxylic acids is 1. The quantitative estimate of drug-likeness (QED) is 0.799. The lowest BCUT2D eigenvalue weighted by molar-refractivity contribution is -0.167. The van der Waals surface area contributed by atoms with Crippen molar-refractivity contribution in [2.24, 2.45) is 0 Å². The monoisotopic (exact) mass is 265 g/mol. The number of carbonyl (C=O) groups is 1. The second-order valence-corrected chi connectivity index (χ2v) is 5.23. The number of carboxylic acid groups (broad SMARTS) is 1. The van der Waals surface area contributed by atoms with Gasteiger partial charge in [0.05, 0.1) is 11.7 Å². The summed E-state index contributed by atoms with van der Waals surface area (Å²) < 4.78 is 5.32. The summed E-state index contributed by atoms with van der Waals surface area (Å²) in [5.74, 6) is -0.955. The summed E-state index contributed by atoms with van der Waals surface area (Å²) in [6, 6.07) is 9.50. The van der Waals surface area contributed by atoms with Crippen molar-refractivity contribution in [3.63, 3.8) is 0 Å². The molecule has 1 aromatic rings. The molecule has 0 saturated carbocycles. The zero-order valence-corrected chi connectivity index (χ0v) is 11.0. The van der Waals surface area contributed by atoms with Gasteiger partial charge >= 0.3 is 5.97 Å². The molecule has 0 amide bonds. The van der Waals surface area contributed by atoms with E-state index < -0.39 is 17.7 Å². The van der Waals surface area contributed by atoms with E-state index in [0.717, 1.165) is 5.56 Å². The van der Waals surface area contributed by atoms with Crippen molar-refractivity contribution in [3.8, 4) is 0 Å². The van der Waals surface area contributed by atoms with Crippen LogP contribution < -0.4 is 0 Å². The Kier molecular flexibility index (Phi) is 4.19. The SMILES string of the molecule is CC1(OCC(=O)O)CN(CC(O)c2ccccc2)C1. The van der Waals surface area contributed by atoms with E-state index in [1.165, 1.54) is 0 Å². The Hall–Kier alpha value is -1.43. The van der Waals surface area contributed by atoms with Crippen LogP contribution in [0.4, 0.5) is 0 Å². The number of likely N-dealkylation sites (tertiary alicyclic amines) is 1. The number of benzene rings is 1. The third-order valence-corrected chi connectivity index (χ3v) is 3.28. The number of aliphatic carboxylic acids is 1. The van der Waals surface area contributed by atoms with Crippen molar-refractivity contribution in [1.29, 1.82) is 0 Å². The molecule has 0 spiro atoms. The fourth-order valence-electron chi connectivity index (χ4n) is 2.38. The van der Waals surface area contributed by atoms with Gasteiger partial charge in [0.1, 0.15) is 6.61 Å². The van der Waals surface area contributed by atoms with Gasteiger partial charge in [-0.2, -0.15) is 0 Å². The Morgan fingerprint density at radius 1 is 1.42 bits per heavy atom. The Morgan fingerprint density at radius 3 is 2.63 bits per heavy atom. The lowest BCUT2D eigenvalue weighted by Gasteiger charge is -2.48. The lowest BCUT2D eigenvalue weighted by atomic mass is 9.95. The van der Waals surface area contributed by atoms with Crippen LogP contribution >= 0.6 is 0 Å². The summed E-state index contributed by atoms with van der Waals surface area (Å²) in [7, 11) is 0. The highest BCUT2D eigenvalue weighted by atomic mass is 16.5. The number of aliphatic hydroxyl groups is 1. The Bertz CT molecular complexity index is 428. The van der Waals surface area contributed by atoms with Crippen molar-refractivity contribution in [1.82, 2.24) is 4.90 Å². The van der Waals surface area contributed by atoms with E-state index in [2.05, 4.69) is 4.90 Å². The maximum Gasteiger partial charge on any atom is 0.329 e. The topological polar surface area (TPSA) is 70.0 Å². The maximum absolute atomic E-state index is 10.5. The molecule has 1 heterocycles. The van der Waals surface area contributed by atoms with Crippen molar-refractivity contribution >= 4 is 5.97 Å². The average molecular weight is 265 g/mol. The normalized spacial score (nSPS) is 19.7. The third kappa shape index (κ3) is 3.76. The first-order chi connectivity index (χ1) is 8.98. The lowest BCUT2D eigenvalue weighted by Crippen LogP contribution is -2.62. The van der Waals surface area contributed by atoms with E-state index in [9.17, 15) is 9.90 Å². The molecule has 1 fully saturated rings. The molecule has 1 saturated heterocycles.